The summed E-state index contributed by atoms with van der Waals surface area (Å²) in [6.07, 6.45) is 12.9. The van der Waals surface area contributed by atoms with E-state index >= 15 is 0 Å². The SMILES string of the molecule is C[C@@]1(O)CC[C@H]2[C@H](CC[C@@H]3[C@@H]2CC[C@@]2(C)[C@H]3[C@@H]3C[C@@H]3[C@@H]2C(=O)Cn2nccn2)C1. The second kappa shape index (κ2) is 6.15. The lowest BCUT2D eigenvalue weighted by Gasteiger charge is -2.57. The van der Waals surface area contributed by atoms with Crippen molar-refractivity contribution in [2.75, 3.05) is 0 Å². The first kappa shape index (κ1) is 18.5. The molecule has 5 nitrogen and oxygen atoms in total. The van der Waals surface area contributed by atoms with Crippen LogP contribution >= 0.6 is 0 Å². The normalized spacial score (nSPS) is 52.8. The van der Waals surface area contributed by atoms with E-state index in [1.165, 1.54) is 38.5 Å². The third-order valence-electron chi connectivity index (χ3n) is 10.1. The minimum atomic E-state index is -0.440. The molecule has 5 fully saturated rings. The van der Waals surface area contributed by atoms with E-state index in [2.05, 4.69) is 17.1 Å². The van der Waals surface area contributed by atoms with Gasteiger partial charge in [0.2, 0.25) is 0 Å². The highest BCUT2D eigenvalue weighted by Gasteiger charge is 2.70. The number of aliphatic hydroxyl groups is 1. The van der Waals surface area contributed by atoms with Crippen LogP contribution in [0.15, 0.2) is 12.4 Å². The molecule has 5 aliphatic rings. The maximum atomic E-state index is 13.3. The first-order chi connectivity index (χ1) is 13.9. The summed E-state index contributed by atoms with van der Waals surface area (Å²) in [6.45, 7) is 4.84. The highest BCUT2D eigenvalue weighted by molar-refractivity contribution is 5.83. The Bertz CT molecular complexity index is 805. The van der Waals surface area contributed by atoms with E-state index in [0.29, 0.717) is 18.2 Å². The molecular weight excluding hydrogens is 362 g/mol. The Morgan fingerprint density at radius 2 is 1.76 bits per heavy atom. The van der Waals surface area contributed by atoms with Gasteiger partial charge in [-0.05, 0) is 105 Å². The van der Waals surface area contributed by atoms with Gasteiger partial charge in [-0.15, -0.1) is 0 Å². The van der Waals surface area contributed by atoms with E-state index in [0.717, 1.165) is 48.3 Å². The Labute approximate surface area is 173 Å². The number of ketones is 1. The highest BCUT2D eigenvalue weighted by Crippen LogP contribution is 2.74. The van der Waals surface area contributed by atoms with Gasteiger partial charge in [0.15, 0.2) is 5.78 Å². The second-order valence-corrected chi connectivity index (χ2v) is 11.7. The van der Waals surface area contributed by atoms with Crippen molar-refractivity contribution in [2.24, 2.45) is 52.8 Å². The van der Waals surface area contributed by atoms with Crippen molar-refractivity contribution in [1.29, 1.82) is 0 Å². The Morgan fingerprint density at radius 1 is 1.00 bits per heavy atom. The number of Topliss-reactive ketones (excluding diaryl/α,β-unsaturated/α-hetero) is 1. The molecule has 0 amide bonds. The highest BCUT2D eigenvalue weighted by atomic mass is 16.3. The van der Waals surface area contributed by atoms with Crippen molar-refractivity contribution in [3.05, 3.63) is 12.4 Å². The maximum Gasteiger partial charge on any atom is 0.160 e. The van der Waals surface area contributed by atoms with Gasteiger partial charge in [0.1, 0.15) is 6.54 Å². The maximum absolute atomic E-state index is 13.3. The minimum Gasteiger partial charge on any atom is -0.390 e. The fourth-order valence-electron chi connectivity index (χ4n) is 9.22. The summed E-state index contributed by atoms with van der Waals surface area (Å²) in [5.74, 6) is 5.94. The fraction of sp³-hybridized carbons (Fsp3) is 0.875. The summed E-state index contributed by atoms with van der Waals surface area (Å²) in [5, 5.41) is 19.0. The Morgan fingerprint density at radius 3 is 2.55 bits per heavy atom. The molecule has 0 aliphatic heterocycles. The number of carbonyl (C=O) groups is 1. The van der Waals surface area contributed by atoms with Crippen molar-refractivity contribution < 1.29 is 9.90 Å². The van der Waals surface area contributed by atoms with Gasteiger partial charge in [-0.25, -0.2) is 0 Å². The van der Waals surface area contributed by atoms with Crippen LogP contribution in [-0.2, 0) is 11.3 Å². The zero-order valence-electron chi connectivity index (χ0n) is 17.8. The zero-order chi connectivity index (χ0) is 20.0. The summed E-state index contributed by atoms with van der Waals surface area (Å²) < 4.78 is 0. The van der Waals surface area contributed by atoms with Crippen LogP contribution in [0, 0.1) is 52.8 Å². The molecule has 1 aromatic heterocycles. The Kier molecular flexibility index (Phi) is 3.93. The third kappa shape index (κ3) is 2.72. The lowest BCUT2D eigenvalue weighted by molar-refractivity contribution is -0.136. The standard InChI is InChI=1S/C24H35N3O2/c1-23(29)7-5-15-14(12-23)3-4-17-16(15)6-8-24(2)21(17)18-11-19(18)22(24)20(28)13-27-25-9-10-26-27/h9-10,14-19,21-22,29H,3-8,11-13H2,1-2H3/t14-,15+,16-,17-,18-,19+,21-,22-,23-,24+/m1/s1. The van der Waals surface area contributed by atoms with Gasteiger partial charge in [0.25, 0.3) is 0 Å². The number of fused-ring (bicyclic) bond motifs is 7. The van der Waals surface area contributed by atoms with Crippen LogP contribution < -0.4 is 0 Å². The van der Waals surface area contributed by atoms with Gasteiger partial charge in [-0.1, -0.05) is 6.92 Å². The molecule has 29 heavy (non-hydrogen) atoms. The monoisotopic (exact) mass is 397 g/mol. The molecule has 1 heterocycles. The zero-order valence-corrected chi connectivity index (χ0v) is 17.8. The smallest absolute Gasteiger partial charge is 0.160 e. The number of nitrogens with zero attached hydrogens (tertiary/aromatic N) is 3. The van der Waals surface area contributed by atoms with E-state index in [9.17, 15) is 9.90 Å². The van der Waals surface area contributed by atoms with Crippen molar-refractivity contribution in [3.8, 4) is 0 Å². The van der Waals surface area contributed by atoms with Crippen LogP contribution in [0.5, 0.6) is 0 Å². The van der Waals surface area contributed by atoms with Crippen LogP contribution in [0.1, 0.15) is 65.2 Å². The van der Waals surface area contributed by atoms with Crippen molar-refractivity contribution >= 4 is 5.78 Å². The van der Waals surface area contributed by atoms with Crippen LogP contribution in [0.3, 0.4) is 0 Å². The summed E-state index contributed by atoms with van der Waals surface area (Å²) in [6, 6.07) is 0. The molecular formula is C24H35N3O2. The largest absolute Gasteiger partial charge is 0.390 e. The van der Waals surface area contributed by atoms with Gasteiger partial charge in [0, 0.05) is 5.92 Å². The molecule has 1 N–H and O–H groups in total. The third-order valence-corrected chi connectivity index (χ3v) is 10.1. The summed E-state index contributed by atoms with van der Waals surface area (Å²) in [4.78, 5) is 14.9. The van der Waals surface area contributed by atoms with Crippen LogP contribution in [0.25, 0.3) is 0 Å². The number of hydrogen-bond acceptors (Lipinski definition) is 4. The molecule has 0 aromatic carbocycles. The molecule has 158 valence electrons. The molecule has 1 aromatic rings. The van der Waals surface area contributed by atoms with Crippen molar-refractivity contribution in [1.82, 2.24) is 15.0 Å². The van der Waals surface area contributed by atoms with Gasteiger partial charge < -0.3 is 5.11 Å². The molecule has 0 saturated heterocycles. The molecule has 5 saturated carbocycles. The Hall–Kier alpha value is -1.23. The molecule has 6 rings (SSSR count). The summed E-state index contributed by atoms with van der Waals surface area (Å²) in [5.41, 5.74) is -0.254. The number of rotatable bonds is 3. The molecule has 5 heteroatoms. The molecule has 5 aliphatic carbocycles. The Balaban J connectivity index is 1.24. The lowest BCUT2D eigenvalue weighted by atomic mass is 9.48. The predicted octanol–water partition coefficient (Wildman–Crippen LogP) is 3.72. The molecule has 0 unspecified atom stereocenters. The molecule has 10 atom stereocenters. The average Bonchev–Trinajstić information content (AvgIpc) is 3.12. The van der Waals surface area contributed by atoms with Gasteiger partial charge in [-0.3, -0.25) is 4.79 Å². The van der Waals surface area contributed by atoms with E-state index in [1.54, 1.807) is 17.2 Å². The summed E-state index contributed by atoms with van der Waals surface area (Å²) in [7, 11) is 0. The predicted molar refractivity (Wildman–Crippen MR) is 109 cm³/mol. The van der Waals surface area contributed by atoms with Gasteiger partial charge >= 0.3 is 0 Å². The first-order valence-corrected chi connectivity index (χ1v) is 12.0. The van der Waals surface area contributed by atoms with Crippen LogP contribution in [0.4, 0.5) is 0 Å². The van der Waals surface area contributed by atoms with E-state index < -0.39 is 5.60 Å². The number of aromatic nitrogens is 3. The average molecular weight is 398 g/mol. The topological polar surface area (TPSA) is 68.0 Å². The van der Waals surface area contributed by atoms with Gasteiger partial charge in [0.05, 0.1) is 18.0 Å². The molecule has 0 spiro atoms. The van der Waals surface area contributed by atoms with Crippen LogP contribution in [0.2, 0.25) is 0 Å². The lowest BCUT2D eigenvalue weighted by Crippen LogP contribution is -2.52. The first-order valence-electron chi connectivity index (χ1n) is 12.0. The van der Waals surface area contributed by atoms with Crippen molar-refractivity contribution in [3.63, 3.8) is 0 Å². The second-order valence-electron chi connectivity index (χ2n) is 11.7. The molecule has 0 radical (unpaired) electrons. The van der Waals surface area contributed by atoms with Crippen molar-refractivity contribution in [2.45, 2.75) is 77.4 Å². The van der Waals surface area contributed by atoms with E-state index in [-0.39, 0.29) is 11.3 Å². The fourth-order valence-corrected chi connectivity index (χ4v) is 9.22. The minimum absolute atomic E-state index is 0.186. The van der Waals surface area contributed by atoms with Gasteiger partial charge in [-0.2, -0.15) is 15.0 Å². The van der Waals surface area contributed by atoms with E-state index in [4.69, 9.17) is 0 Å². The molecule has 0 bridgehead atoms. The van der Waals surface area contributed by atoms with E-state index in [1.807, 2.05) is 6.92 Å². The number of carbonyl (C=O) groups excluding carboxylic acids is 1. The summed E-state index contributed by atoms with van der Waals surface area (Å²) >= 11 is 0. The van der Waals surface area contributed by atoms with Crippen LogP contribution in [-0.4, -0.2) is 31.5 Å². The number of hydrogen-bond donors (Lipinski definition) is 1. The quantitative estimate of drug-likeness (QED) is 0.844.